The van der Waals surface area contributed by atoms with Crippen LogP contribution in [0.5, 0.6) is 5.75 Å². The summed E-state index contributed by atoms with van der Waals surface area (Å²) >= 11 is 37.9. The van der Waals surface area contributed by atoms with Gasteiger partial charge in [0.25, 0.3) is 0 Å². The zero-order chi connectivity index (χ0) is 36.0. The summed E-state index contributed by atoms with van der Waals surface area (Å²) in [5.74, 6) is -7.53. The zero-order valence-corrected chi connectivity index (χ0v) is 32.0. The Morgan fingerprint density at radius 2 is 1.27 bits per heavy atom. The van der Waals surface area contributed by atoms with Crippen molar-refractivity contribution >= 4 is 93.5 Å². The molecule has 0 spiro atoms. The van der Waals surface area contributed by atoms with Crippen LogP contribution in [0.25, 0.3) is 0 Å². The third kappa shape index (κ3) is 8.96. The fourth-order valence-electron chi connectivity index (χ4n) is 7.03. The van der Waals surface area contributed by atoms with Crippen molar-refractivity contribution in [1.82, 2.24) is 0 Å². The summed E-state index contributed by atoms with van der Waals surface area (Å²) in [5.41, 5.74) is -0.834. The largest absolute Gasteiger partial charge is 0.465 e. The first-order valence-corrected chi connectivity index (χ1v) is 17.7. The van der Waals surface area contributed by atoms with Gasteiger partial charge in [-0.2, -0.15) is 0 Å². The lowest BCUT2D eigenvalue weighted by molar-refractivity contribution is -0.162. The summed E-state index contributed by atoms with van der Waals surface area (Å²) in [6.45, 7) is 12.8. The van der Waals surface area contributed by atoms with Gasteiger partial charge in [0, 0.05) is 15.9 Å². The molecule has 2 fully saturated rings. The Balaban J connectivity index is 1.51. The topological polar surface area (TPSA) is 105 Å². The summed E-state index contributed by atoms with van der Waals surface area (Å²) in [6.07, 6.45) is 6.44. The molecule has 1 aromatic rings. The monoisotopic (exact) mass is 784 g/mol. The van der Waals surface area contributed by atoms with Crippen molar-refractivity contribution in [3.05, 3.63) is 48.6 Å². The van der Waals surface area contributed by atoms with Gasteiger partial charge in [0.1, 0.15) is 17.2 Å². The van der Waals surface area contributed by atoms with Gasteiger partial charge >= 0.3 is 23.9 Å². The quantitative estimate of drug-likeness (QED) is 0.0641. The Morgan fingerprint density at radius 3 is 1.79 bits per heavy atom. The van der Waals surface area contributed by atoms with Crippen molar-refractivity contribution in [3.8, 4) is 5.75 Å². The number of carbonyl (C=O) groups excluding carboxylic acids is 4. The first-order chi connectivity index (χ1) is 22.1. The number of rotatable bonds is 8. The molecule has 0 heterocycles. The zero-order valence-electron chi connectivity index (χ0n) is 27.5. The van der Waals surface area contributed by atoms with Gasteiger partial charge in [-0.3, -0.25) is 4.79 Å². The Hall–Kier alpha value is -1.68. The maximum Gasteiger partial charge on any atom is 0.423 e. The number of halogens is 6. The molecule has 8 nitrogen and oxygen atoms in total. The van der Waals surface area contributed by atoms with Crippen molar-refractivity contribution in [2.45, 2.75) is 85.4 Å². The molecule has 3 aliphatic rings. The summed E-state index contributed by atoms with van der Waals surface area (Å²) in [5, 5.41) is -2.19. The molecule has 0 saturated heterocycles. The molecular formula is C34H38Cl6O8. The number of allylic oxidation sites excluding steroid dienone is 3. The highest BCUT2D eigenvalue weighted by molar-refractivity contribution is 6.46. The normalized spacial score (nSPS) is 27.7. The summed E-state index contributed by atoms with van der Waals surface area (Å²) in [6, 6.07) is 1.14. The highest BCUT2D eigenvalue weighted by Gasteiger charge is 2.45. The fourth-order valence-corrected chi connectivity index (χ4v) is 8.59. The van der Waals surface area contributed by atoms with Gasteiger partial charge in [-0.15, -0.1) is 11.6 Å². The summed E-state index contributed by atoms with van der Waals surface area (Å²) in [7, 11) is 0. The van der Waals surface area contributed by atoms with Crippen LogP contribution in [-0.2, 0) is 28.6 Å². The van der Waals surface area contributed by atoms with E-state index in [2.05, 4.69) is 27.7 Å². The van der Waals surface area contributed by atoms with E-state index in [-0.39, 0.29) is 60.0 Å². The Labute approximate surface area is 310 Å². The van der Waals surface area contributed by atoms with E-state index >= 15 is 0 Å². The van der Waals surface area contributed by atoms with Gasteiger partial charge in [-0.1, -0.05) is 99.5 Å². The van der Waals surface area contributed by atoms with Gasteiger partial charge in [0.05, 0.1) is 38.7 Å². The van der Waals surface area contributed by atoms with Crippen LogP contribution in [-0.4, -0.2) is 42.5 Å². The molecule has 0 aliphatic heterocycles. The minimum Gasteiger partial charge on any atom is -0.465 e. The molecular weight excluding hydrogens is 749 g/mol. The van der Waals surface area contributed by atoms with Crippen LogP contribution in [0.1, 0.15) is 90.4 Å². The molecule has 48 heavy (non-hydrogen) atoms. The third-order valence-corrected chi connectivity index (χ3v) is 11.5. The van der Waals surface area contributed by atoms with E-state index in [4.69, 9.17) is 88.6 Å². The van der Waals surface area contributed by atoms with Crippen LogP contribution in [0.3, 0.4) is 0 Å². The molecule has 4 rings (SSSR count). The van der Waals surface area contributed by atoms with E-state index in [1.807, 2.05) is 13.8 Å². The smallest absolute Gasteiger partial charge is 0.423 e. The molecule has 0 N–H and O–H groups in total. The van der Waals surface area contributed by atoms with Crippen LogP contribution in [0, 0.1) is 27.6 Å². The Morgan fingerprint density at radius 1 is 0.750 bits per heavy atom. The van der Waals surface area contributed by atoms with E-state index in [0.29, 0.717) is 0 Å². The SMILES string of the molecule is CC1(C)CCC(C)(COC(=O)c2c(Cl)c(Cl)cc(Cl)c2OC(=O)C(=O)OC2=C(Cl)C=C(Cl)C(Cl)C2C(=O)OCC2(C)CCC(C)(C)C2)C1. The first kappa shape index (κ1) is 39.1. The second kappa shape index (κ2) is 14.5. The van der Waals surface area contributed by atoms with Gasteiger partial charge in [-0.05, 0) is 61.5 Å². The lowest BCUT2D eigenvalue weighted by atomic mass is 9.84. The van der Waals surface area contributed by atoms with Crippen molar-refractivity contribution in [2.24, 2.45) is 27.6 Å². The lowest BCUT2D eigenvalue weighted by Gasteiger charge is -2.29. The lowest BCUT2D eigenvalue weighted by Crippen LogP contribution is -2.36. The van der Waals surface area contributed by atoms with E-state index in [1.54, 1.807) is 0 Å². The highest BCUT2D eigenvalue weighted by Crippen LogP contribution is 2.50. The number of esters is 4. The molecule has 4 unspecified atom stereocenters. The van der Waals surface area contributed by atoms with Crippen molar-refractivity contribution in [3.63, 3.8) is 0 Å². The van der Waals surface area contributed by atoms with Gasteiger partial charge in [0.15, 0.2) is 5.75 Å². The number of hydrogen-bond acceptors (Lipinski definition) is 8. The number of ether oxygens (including phenoxy) is 4. The second-order valence-corrected chi connectivity index (χ2v) is 17.8. The van der Waals surface area contributed by atoms with Crippen LogP contribution < -0.4 is 4.74 Å². The third-order valence-electron chi connectivity index (χ3n) is 9.22. The average Bonchev–Trinajstić information content (AvgIpc) is 3.44. The van der Waals surface area contributed by atoms with E-state index < -0.39 is 52.2 Å². The summed E-state index contributed by atoms with van der Waals surface area (Å²) < 4.78 is 21.8. The predicted molar refractivity (Wildman–Crippen MR) is 186 cm³/mol. The summed E-state index contributed by atoms with van der Waals surface area (Å²) in [4.78, 5) is 52.9. The van der Waals surface area contributed by atoms with Crippen LogP contribution in [0.4, 0.5) is 0 Å². The Bertz CT molecular complexity index is 1580. The van der Waals surface area contributed by atoms with E-state index in [0.717, 1.165) is 44.6 Å². The minimum atomic E-state index is -1.62. The van der Waals surface area contributed by atoms with Gasteiger partial charge in [0.2, 0.25) is 0 Å². The molecule has 0 amide bonds. The molecule has 0 radical (unpaired) electrons. The fraction of sp³-hybridized carbons (Fsp3) is 0.588. The van der Waals surface area contributed by atoms with Crippen LogP contribution >= 0.6 is 69.6 Å². The molecule has 0 bridgehead atoms. The van der Waals surface area contributed by atoms with Crippen LogP contribution in [0.15, 0.2) is 28.0 Å². The second-order valence-electron chi connectivity index (χ2n) is 15.2. The Kier molecular flexibility index (Phi) is 11.8. The highest BCUT2D eigenvalue weighted by atomic mass is 35.5. The van der Waals surface area contributed by atoms with Crippen molar-refractivity contribution in [1.29, 1.82) is 0 Å². The number of benzene rings is 1. The van der Waals surface area contributed by atoms with Gasteiger partial charge in [-0.25, -0.2) is 14.4 Å². The molecule has 2 saturated carbocycles. The number of hydrogen-bond donors (Lipinski definition) is 0. The van der Waals surface area contributed by atoms with Crippen molar-refractivity contribution in [2.75, 3.05) is 13.2 Å². The molecule has 264 valence electrons. The molecule has 4 atom stereocenters. The first-order valence-electron chi connectivity index (χ1n) is 15.4. The molecule has 1 aromatic carbocycles. The maximum absolute atomic E-state index is 13.4. The van der Waals surface area contributed by atoms with Crippen molar-refractivity contribution < 1.29 is 38.1 Å². The van der Waals surface area contributed by atoms with E-state index in [9.17, 15) is 19.2 Å². The van der Waals surface area contributed by atoms with Crippen LogP contribution in [0.2, 0.25) is 15.1 Å². The molecule has 14 heteroatoms. The number of alkyl halides is 1. The predicted octanol–water partition coefficient (Wildman–Crippen LogP) is 10.0. The molecule has 3 aliphatic carbocycles. The number of carbonyl (C=O) groups is 4. The van der Waals surface area contributed by atoms with Gasteiger partial charge < -0.3 is 18.9 Å². The molecule has 0 aromatic heterocycles. The standard InChI is InChI=1S/C34H38Cl6O8/c1-31(2)7-9-33(5,13-31)15-45-27(41)21-23(39)17(35)11-19(37)25(21)47-29(43)30(44)48-26-20(38)12-18(36)24(40)22(26)28(42)46-16-34(6)10-8-32(3,4)14-34/h11-12,21,23H,7-10,13-16H2,1-6H3. The van der Waals surface area contributed by atoms with E-state index in [1.165, 1.54) is 6.08 Å². The average molecular weight is 787 g/mol. The minimum absolute atomic E-state index is 0.0000258. The maximum atomic E-state index is 13.4.